The number of amides is 1. The molecule has 1 aromatic heterocycles. The Kier molecular flexibility index (Phi) is 8.33. The molecule has 2 heterocycles. The maximum Gasteiger partial charge on any atom is 0.257 e. The molecule has 3 atom stereocenters. The Morgan fingerprint density at radius 2 is 2.06 bits per heavy atom. The molecule has 0 unspecified atom stereocenters. The smallest absolute Gasteiger partial charge is 0.257 e. The third-order valence-corrected chi connectivity index (χ3v) is 7.07. The van der Waals surface area contributed by atoms with Crippen molar-refractivity contribution in [2.24, 2.45) is 5.92 Å². The monoisotopic (exact) mass is 496 g/mol. The number of rotatable bonds is 5. The van der Waals surface area contributed by atoms with E-state index in [0.29, 0.717) is 36.7 Å². The predicted octanol–water partition coefficient (Wildman–Crippen LogP) is 2.52. The second-order valence-corrected chi connectivity index (χ2v) is 11.3. The largest absolute Gasteiger partial charge is 0.491 e. The zero-order valence-electron chi connectivity index (χ0n) is 19.6. The summed E-state index contributed by atoms with van der Waals surface area (Å²) in [6.45, 7) is 6.40. The number of aromatic nitrogens is 1. The number of hydrogen-bond donors (Lipinski definition) is 1. The van der Waals surface area contributed by atoms with Crippen LogP contribution >= 0.6 is 11.3 Å². The Hall–Kier alpha value is -2.21. The van der Waals surface area contributed by atoms with Gasteiger partial charge in [-0.15, -0.1) is 11.3 Å². The van der Waals surface area contributed by atoms with Crippen LogP contribution in [-0.4, -0.2) is 81.4 Å². The number of carbonyl (C=O) groups excluding carboxylic acids is 1. The fraction of sp³-hybridized carbons (Fsp3) is 0.545. The van der Waals surface area contributed by atoms with Gasteiger partial charge in [0.25, 0.3) is 5.91 Å². The highest BCUT2D eigenvalue weighted by Crippen LogP contribution is 2.27. The van der Waals surface area contributed by atoms with Gasteiger partial charge in [0.2, 0.25) is 10.0 Å². The normalized spacial score (nSPS) is 23.2. The van der Waals surface area contributed by atoms with E-state index < -0.39 is 10.0 Å². The van der Waals surface area contributed by atoms with Gasteiger partial charge in [0.05, 0.1) is 24.5 Å². The molecule has 0 radical (unpaired) electrons. The first-order valence-corrected chi connectivity index (χ1v) is 13.5. The molecule has 33 heavy (non-hydrogen) atoms. The number of carbonyl (C=O) groups is 1. The molecule has 1 aliphatic heterocycles. The van der Waals surface area contributed by atoms with Crippen molar-refractivity contribution < 1.29 is 22.7 Å². The van der Waals surface area contributed by atoms with E-state index in [1.807, 2.05) is 5.38 Å². The highest BCUT2D eigenvalue weighted by atomic mass is 32.2. The van der Waals surface area contributed by atoms with Crippen molar-refractivity contribution in [3.63, 3.8) is 0 Å². The average molecular weight is 497 g/mol. The standard InChI is InChI=1S/C22H32N4O5S2/c1-15-11-26(13-21-23-8-9-32-21)16(2)14-31-19-7-6-17(24-33(5,28)29)10-18(19)22(27)25(3)12-20(15)30-4/h6-10,15-16,20,24H,11-14H2,1-5H3/t15-,16-,20+/m0/s1. The molecule has 0 fully saturated rings. The summed E-state index contributed by atoms with van der Waals surface area (Å²) in [5.74, 6) is 0.295. The second-order valence-electron chi connectivity index (χ2n) is 8.54. The van der Waals surface area contributed by atoms with E-state index in [1.54, 1.807) is 48.7 Å². The van der Waals surface area contributed by atoms with E-state index in [1.165, 1.54) is 6.07 Å². The van der Waals surface area contributed by atoms with Crippen molar-refractivity contribution >= 4 is 33.0 Å². The Balaban J connectivity index is 1.95. The lowest BCUT2D eigenvalue weighted by atomic mass is 10.0. The zero-order chi connectivity index (χ0) is 24.2. The quantitative estimate of drug-likeness (QED) is 0.679. The summed E-state index contributed by atoms with van der Waals surface area (Å²) in [5, 5.41) is 2.99. The number of anilines is 1. The van der Waals surface area contributed by atoms with Crippen LogP contribution < -0.4 is 9.46 Å². The summed E-state index contributed by atoms with van der Waals surface area (Å²) < 4.78 is 37.7. The summed E-state index contributed by atoms with van der Waals surface area (Å²) >= 11 is 1.62. The number of likely N-dealkylation sites (N-methyl/N-ethyl adjacent to an activating group) is 1. The Labute approximate surface area is 199 Å². The van der Waals surface area contributed by atoms with Crippen LogP contribution in [0.4, 0.5) is 5.69 Å². The Morgan fingerprint density at radius 3 is 2.70 bits per heavy atom. The number of ether oxygens (including phenoxy) is 2. The fourth-order valence-electron chi connectivity index (χ4n) is 3.85. The van der Waals surface area contributed by atoms with Crippen LogP contribution in [0.3, 0.4) is 0 Å². The lowest BCUT2D eigenvalue weighted by Crippen LogP contribution is -2.46. The molecule has 1 aliphatic rings. The van der Waals surface area contributed by atoms with Crippen LogP contribution in [-0.2, 0) is 21.3 Å². The summed E-state index contributed by atoms with van der Waals surface area (Å²) in [5.41, 5.74) is 0.608. The first kappa shape index (κ1) is 25.4. The van der Waals surface area contributed by atoms with Crippen molar-refractivity contribution in [2.45, 2.75) is 32.5 Å². The second kappa shape index (κ2) is 10.8. The average Bonchev–Trinajstić information content (AvgIpc) is 3.26. The van der Waals surface area contributed by atoms with Gasteiger partial charge in [-0.1, -0.05) is 6.92 Å². The van der Waals surface area contributed by atoms with Gasteiger partial charge in [-0.05, 0) is 31.0 Å². The number of nitrogens with zero attached hydrogens (tertiary/aromatic N) is 3. The molecule has 1 amide bonds. The van der Waals surface area contributed by atoms with E-state index in [9.17, 15) is 13.2 Å². The summed E-state index contributed by atoms with van der Waals surface area (Å²) in [6, 6.07) is 4.79. The van der Waals surface area contributed by atoms with Gasteiger partial charge >= 0.3 is 0 Å². The molecule has 0 spiro atoms. The molecule has 11 heteroatoms. The molecule has 1 N–H and O–H groups in total. The van der Waals surface area contributed by atoms with Crippen molar-refractivity contribution in [3.05, 3.63) is 40.3 Å². The Bertz CT molecular complexity index is 1050. The fourth-order valence-corrected chi connectivity index (χ4v) is 5.05. The van der Waals surface area contributed by atoms with Crippen LogP contribution in [0.15, 0.2) is 29.8 Å². The van der Waals surface area contributed by atoms with Gasteiger partial charge in [-0.3, -0.25) is 14.4 Å². The number of thiazole rings is 1. The van der Waals surface area contributed by atoms with E-state index in [2.05, 4.69) is 28.5 Å². The van der Waals surface area contributed by atoms with Gasteiger partial charge in [0, 0.05) is 50.6 Å². The minimum absolute atomic E-state index is 0.0442. The van der Waals surface area contributed by atoms with Crippen molar-refractivity contribution in [3.8, 4) is 5.75 Å². The van der Waals surface area contributed by atoms with E-state index in [-0.39, 0.29) is 24.0 Å². The molecular weight excluding hydrogens is 464 g/mol. The van der Waals surface area contributed by atoms with Crippen LogP contribution in [0.2, 0.25) is 0 Å². The molecular formula is C22H32N4O5S2. The third kappa shape index (κ3) is 6.89. The summed E-state index contributed by atoms with van der Waals surface area (Å²) in [7, 11) is -0.114. The molecule has 0 bridgehead atoms. The van der Waals surface area contributed by atoms with Crippen LogP contribution in [0.5, 0.6) is 5.75 Å². The number of hydrogen-bond acceptors (Lipinski definition) is 8. The summed E-state index contributed by atoms with van der Waals surface area (Å²) in [6.07, 6.45) is 2.70. The molecule has 1 aromatic carbocycles. The first-order chi connectivity index (χ1) is 15.6. The van der Waals surface area contributed by atoms with Gasteiger partial charge in [0.1, 0.15) is 17.4 Å². The molecule has 182 valence electrons. The summed E-state index contributed by atoms with van der Waals surface area (Å²) in [4.78, 5) is 21.6. The van der Waals surface area contributed by atoms with Crippen LogP contribution in [0.1, 0.15) is 29.2 Å². The number of methoxy groups -OCH3 is 1. The molecule has 0 aliphatic carbocycles. The maximum atomic E-state index is 13.3. The third-order valence-electron chi connectivity index (χ3n) is 5.70. The van der Waals surface area contributed by atoms with Gasteiger partial charge in [0.15, 0.2) is 0 Å². The van der Waals surface area contributed by atoms with Gasteiger partial charge in [-0.2, -0.15) is 0 Å². The van der Waals surface area contributed by atoms with Crippen LogP contribution in [0, 0.1) is 5.92 Å². The maximum absolute atomic E-state index is 13.3. The lowest BCUT2D eigenvalue weighted by Gasteiger charge is -2.35. The molecule has 0 saturated heterocycles. The number of sulfonamides is 1. The molecule has 3 rings (SSSR count). The molecule has 9 nitrogen and oxygen atoms in total. The minimum Gasteiger partial charge on any atom is -0.491 e. The SMILES string of the molecule is CO[C@@H]1CN(C)C(=O)c2cc(NS(C)(=O)=O)ccc2OC[C@H](C)N(Cc2nccs2)C[C@@H]1C. The predicted molar refractivity (Wildman–Crippen MR) is 129 cm³/mol. The van der Waals surface area contributed by atoms with E-state index in [0.717, 1.165) is 17.8 Å². The van der Waals surface area contributed by atoms with E-state index in [4.69, 9.17) is 9.47 Å². The molecule has 2 aromatic rings. The van der Waals surface area contributed by atoms with E-state index >= 15 is 0 Å². The van der Waals surface area contributed by atoms with Crippen molar-refractivity contribution in [1.82, 2.24) is 14.8 Å². The Morgan fingerprint density at radius 1 is 1.30 bits per heavy atom. The number of fused-ring (bicyclic) bond motifs is 1. The topological polar surface area (TPSA) is 101 Å². The number of benzene rings is 1. The highest BCUT2D eigenvalue weighted by molar-refractivity contribution is 7.92. The van der Waals surface area contributed by atoms with Crippen LogP contribution in [0.25, 0.3) is 0 Å². The van der Waals surface area contributed by atoms with Gasteiger partial charge < -0.3 is 14.4 Å². The van der Waals surface area contributed by atoms with Gasteiger partial charge in [-0.25, -0.2) is 13.4 Å². The lowest BCUT2D eigenvalue weighted by molar-refractivity contribution is 0.00921. The zero-order valence-corrected chi connectivity index (χ0v) is 21.3. The molecule has 0 saturated carbocycles. The minimum atomic E-state index is -3.48. The van der Waals surface area contributed by atoms with Crippen molar-refractivity contribution in [2.75, 3.05) is 44.8 Å². The first-order valence-electron chi connectivity index (χ1n) is 10.7. The number of nitrogens with one attached hydrogen (secondary N) is 1. The highest BCUT2D eigenvalue weighted by Gasteiger charge is 2.29. The van der Waals surface area contributed by atoms with Crippen molar-refractivity contribution in [1.29, 1.82) is 0 Å².